The summed E-state index contributed by atoms with van der Waals surface area (Å²) in [5.74, 6) is -1.12. The van der Waals surface area contributed by atoms with Gasteiger partial charge >= 0.3 is 0 Å². The first-order valence-electron chi connectivity index (χ1n) is 6.31. The largest absolute Gasteiger partial charge is 0.375 e. The molecule has 0 fully saturated rings. The number of rotatable bonds is 5. The summed E-state index contributed by atoms with van der Waals surface area (Å²) < 4.78 is 29.4. The van der Waals surface area contributed by atoms with Gasteiger partial charge in [0.1, 0.15) is 11.5 Å². The van der Waals surface area contributed by atoms with E-state index >= 15 is 0 Å². The van der Waals surface area contributed by atoms with Gasteiger partial charge in [0.2, 0.25) is 0 Å². The zero-order valence-corrected chi connectivity index (χ0v) is 11.1. The quantitative estimate of drug-likeness (QED) is 0.896. The van der Waals surface area contributed by atoms with E-state index in [4.69, 9.17) is 0 Å². The molecule has 0 saturated carbocycles. The number of nitrogens with zero attached hydrogens (tertiary/aromatic N) is 2. The molecule has 2 rings (SSSR count). The molecule has 0 bridgehead atoms. The Balaban J connectivity index is 2.14. The van der Waals surface area contributed by atoms with Crippen LogP contribution in [0.25, 0.3) is 0 Å². The van der Waals surface area contributed by atoms with Gasteiger partial charge in [-0.25, -0.2) is 13.8 Å². The molecule has 0 unspecified atom stereocenters. The van der Waals surface area contributed by atoms with Crippen molar-refractivity contribution in [1.29, 1.82) is 0 Å². The Morgan fingerprint density at radius 2 is 2.11 bits per heavy atom. The standard InChI is InChI=1S/C14H17F2N3/c1-3-6-19-9-17-7-11(19)8-18-14-12(15)5-4-10(2)13(14)16/h4-5,7,9,18H,3,6,8H2,1-2H3. The molecule has 3 nitrogen and oxygen atoms in total. The Hall–Kier alpha value is -1.91. The van der Waals surface area contributed by atoms with Crippen LogP contribution in [0.15, 0.2) is 24.7 Å². The number of imidazole rings is 1. The zero-order chi connectivity index (χ0) is 13.8. The van der Waals surface area contributed by atoms with Gasteiger partial charge in [0.25, 0.3) is 0 Å². The molecule has 1 aromatic carbocycles. The van der Waals surface area contributed by atoms with Crippen molar-refractivity contribution in [1.82, 2.24) is 9.55 Å². The summed E-state index contributed by atoms with van der Waals surface area (Å²) in [6, 6.07) is 2.70. The van der Waals surface area contributed by atoms with E-state index in [0.717, 1.165) is 18.7 Å². The summed E-state index contributed by atoms with van der Waals surface area (Å²) in [6.45, 7) is 4.87. The van der Waals surface area contributed by atoms with Crippen molar-refractivity contribution in [3.05, 3.63) is 47.5 Å². The molecule has 19 heavy (non-hydrogen) atoms. The van der Waals surface area contributed by atoms with Crippen molar-refractivity contribution in [3.63, 3.8) is 0 Å². The molecular weight excluding hydrogens is 248 g/mol. The first kappa shape index (κ1) is 13.5. The lowest BCUT2D eigenvalue weighted by molar-refractivity contribution is 0.580. The van der Waals surface area contributed by atoms with Crippen LogP contribution in [0.2, 0.25) is 0 Å². The van der Waals surface area contributed by atoms with E-state index in [1.54, 1.807) is 19.4 Å². The molecule has 0 saturated heterocycles. The van der Waals surface area contributed by atoms with Crippen molar-refractivity contribution in [3.8, 4) is 0 Å². The highest BCUT2D eigenvalue weighted by Gasteiger charge is 2.11. The second-order valence-electron chi connectivity index (χ2n) is 4.49. The van der Waals surface area contributed by atoms with Gasteiger partial charge in [0.15, 0.2) is 5.82 Å². The SMILES string of the molecule is CCCn1cncc1CNc1c(F)ccc(C)c1F. The Bertz CT molecular complexity index is 564. The van der Waals surface area contributed by atoms with Crippen LogP contribution in [-0.4, -0.2) is 9.55 Å². The monoisotopic (exact) mass is 265 g/mol. The molecule has 1 N–H and O–H groups in total. The zero-order valence-electron chi connectivity index (χ0n) is 11.1. The third kappa shape index (κ3) is 2.92. The lowest BCUT2D eigenvalue weighted by Crippen LogP contribution is -2.09. The van der Waals surface area contributed by atoms with E-state index in [1.807, 2.05) is 4.57 Å². The predicted octanol–water partition coefficient (Wildman–Crippen LogP) is 3.49. The van der Waals surface area contributed by atoms with Crippen LogP contribution in [-0.2, 0) is 13.1 Å². The fourth-order valence-corrected chi connectivity index (χ4v) is 1.94. The highest BCUT2D eigenvalue weighted by molar-refractivity contribution is 5.49. The first-order chi connectivity index (χ1) is 9.13. The lowest BCUT2D eigenvalue weighted by atomic mass is 10.2. The molecule has 0 atom stereocenters. The van der Waals surface area contributed by atoms with Crippen LogP contribution in [0.1, 0.15) is 24.6 Å². The number of nitrogens with one attached hydrogen (secondary N) is 1. The van der Waals surface area contributed by atoms with Crippen molar-refractivity contribution < 1.29 is 8.78 Å². The topological polar surface area (TPSA) is 29.9 Å². The third-order valence-corrected chi connectivity index (χ3v) is 2.99. The minimum absolute atomic E-state index is 0.0794. The molecule has 0 radical (unpaired) electrons. The number of aromatic nitrogens is 2. The Morgan fingerprint density at radius 1 is 1.32 bits per heavy atom. The van der Waals surface area contributed by atoms with E-state index in [0.29, 0.717) is 12.1 Å². The number of hydrogen-bond donors (Lipinski definition) is 1. The van der Waals surface area contributed by atoms with Crippen molar-refractivity contribution in [2.75, 3.05) is 5.32 Å². The van der Waals surface area contributed by atoms with E-state index in [-0.39, 0.29) is 5.69 Å². The fraction of sp³-hybridized carbons (Fsp3) is 0.357. The average molecular weight is 265 g/mol. The predicted molar refractivity (Wildman–Crippen MR) is 70.9 cm³/mol. The second-order valence-corrected chi connectivity index (χ2v) is 4.49. The maximum atomic E-state index is 13.8. The van der Waals surface area contributed by atoms with Crippen LogP contribution >= 0.6 is 0 Å². The van der Waals surface area contributed by atoms with Crippen molar-refractivity contribution >= 4 is 5.69 Å². The molecule has 102 valence electrons. The van der Waals surface area contributed by atoms with Crippen molar-refractivity contribution in [2.45, 2.75) is 33.4 Å². The summed E-state index contributed by atoms with van der Waals surface area (Å²) in [5.41, 5.74) is 1.25. The third-order valence-electron chi connectivity index (χ3n) is 2.99. The van der Waals surface area contributed by atoms with Gasteiger partial charge in [0, 0.05) is 12.7 Å². The lowest BCUT2D eigenvalue weighted by Gasteiger charge is -2.11. The van der Waals surface area contributed by atoms with Crippen LogP contribution in [0.5, 0.6) is 0 Å². The first-order valence-corrected chi connectivity index (χ1v) is 6.31. The molecule has 5 heteroatoms. The van der Waals surface area contributed by atoms with E-state index in [9.17, 15) is 8.78 Å². The van der Waals surface area contributed by atoms with Gasteiger partial charge in [-0.05, 0) is 25.0 Å². The Kier molecular flexibility index (Phi) is 4.14. The molecule has 0 amide bonds. The normalized spacial score (nSPS) is 10.7. The summed E-state index contributed by atoms with van der Waals surface area (Å²) >= 11 is 0. The highest BCUT2D eigenvalue weighted by atomic mass is 19.1. The Labute approximate surface area is 111 Å². The molecule has 1 heterocycles. The smallest absolute Gasteiger partial charge is 0.152 e. The number of aryl methyl sites for hydroxylation is 2. The summed E-state index contributed by atoms with van der Waals surface area (Å²) in [7, 11) is 0. The van der Waals surface area contributed by atoms with Gasteiger partial charge in [-0.1, -0.05) is 13.0 Å². The van der Waals surface area contributed by atoms with E-state index in [2.05, 4.69) is 17.2 Å². The van der Waals surface area contributed by atoms with Gasteiger partial charge in [-0.3, -0.25) is 0 Å². The van der Waals surface area contributed by atoms with Gasteiger partial charge < -0.3 is 9.88 Å². The second kappa shape index (κ2) is 5.82. The fourth-order valence-electron chi connectivity index (χ4n) is 1.94. The van der Waals surface area contributed by atoms with Crippen LogP contribution in [0, 0.1) is 18.6 Å². The molecule has 2 aromatic rings. The summed E-state index contributed by atoms with van der Waals surface area (Å²) in [6.07, 6.45) is 4.41. The highest BCUT2D eigenvalue weighted by Crippen LogP contribution is 2.22. The van der Waals surface area contributed by atoms with Crippen molar-refractivity contribution in [2.24, 2.45) is 0 Å². The van der Waals surface area contributed by atoms with E-state index in [1.165, 1.54) is 12.1 Å². The van der Waals surface area contributed by atoms with Gasteiger partial charge in [-0.2, -0.15) is 0 Å². The number of hydrogen-bond acceptors (Lipinski definition) is 2. The summed E-state index contributed by atoms with van der Waals surface area (Å²) in [5, 5.41) is 2.81. The number of halogens is 2. The summed E-state index contributed by atoms with van der Waals surface area (Å²) in [4.78, 5) is 4.05. The van der Waals surface area contributed by atoms with Gasteiger partial charge in [-0.15, -0.1) is 0 Å². The van der Waals surface area contributed by atoms with Gasteiger partial charge in [0.05, 0.1) is 18.6 Å². The van der Waals surface area contributed by atoms with Crippen LogP contribution in [0.3, 0.4) is 0 Å². The van der Waals surface area contributed by atoms with Crippen LogP contribution < -0.4 is 5.32 Å². The maximum absolute atomic E-state index is 13.8. The molecule has 1 aromatic heterocycles. The molecule has 0 aliphatic carbocycles. The average Bonchev–Trinajstić information content (AvgIpc) is 2.82. The van der Waals surface area contributed by atoms with Crippen LogP contribution in [0.4, 0.5) is 14.5 Å². The molecule has 0 spiro atoms. The minimum atomic E-state index is -0.579. The number of anilines is 1. The molecule has 0 aliphatic rings. The minimum Gasteiger partial charge on any atom is -0.375 e. The molecule has 0 aliphatic heterocycles. The number of benzene rings is 1. The Morgan fingerprint density at radius 3 is 2.84 bits per heavy atom. The molecular formula is C14H17F2N3. The van der Waals surface area contributed by atoms with E-state index < -0.39 is 11.6 Å². The maximum Gasteiger partial charge on any atom is 0.152 e.